The number of fused-ring (bicyclic) bond motifs is 1. The van der Waals surface area contributed by atoms with Crippen molar-refractivity contribution in [2.75, 3.05) is 47.5 Å². The Bertz CT molecular complexity index is 1100. The number of hydrogen-bond donors (Lipinski definition) is 1. The van der Waals surface area contributed by atoms with Crippen molar-refractivity contribution >= 4 is 45.4 Å². The van der Waals surface area contributed by atoms with E-state index in [4.69, 9.17) is 9.97 Å². The fourth-order valence-corrected chi connectivity index (χ4v) is 5.96. The highest BCUT2D eigenvalue weighted by atomic mass is 32.2. The lowest BCUT2D eigenvalue weighted by atomic mass is 10.1. The van der Waals surface area contributed by atoms with Crippen LogP contribution in [0.3, 0.4) is 0 Å². The number of hydrogen-bond acceptors (Lipinski definition) is 9. The Hall–Kier alpha value is -2.30. The summed E-state index contributed by atoms with van der Waals surface area (Å²) in [7, 11) is -0.771. The molecule has 0 bridgehead atoms. The summed E-state index contributed by atoms with van der Waals surface area (Å²) in [5.74, 6) is 3.51. The lowest BCUT2D eigenvalue weighted by Crippen LogP contribution is -2.40. The smallest absolute Gasteiger partial charge is 0.228 e. The summed E-state index contributed by atoms with van der Waals surface area (Å²) in [5, 5.41) is 10.8. The second-order valence-corrected chi connectivity index (χ2v) is 10.7. The first kappa shape index (κ1) is 21.5. The van der Waals surface area contributed by atoms with Crippen LogP contribution in [-0.2, 0) is 16.6 Å². The Morgan fingerprint density at radius 3 is 2.47 bits per heavy atom. The lowest BCUT2D eigenvalue weighted by Gasteiger charge is -2.32. The van der Waals surface area contributed by atoms with Crippen molar-refractivity contribution in [1.29, 1.82) is 0 Å². The first-order valence-electron chi connectivity index (χ1n) is 10.9. The molecule has 1 aromatic carbocycles. The number of nitrogens with zero attached hydrogens (tertiary/aromatic N) is 6. The zero-order valence-electron chi connectivity index (χ0n) is 17.8. The predicted molar refractivity (Wildman–Crippen MR) is 129 cm³/mol. The van der Waals surface area contributed by atoms with Gasteiger partial charge in [0.2, 0.25) is 5.95 Å². The summed E-state index contributed by atoms with van der Waals surface area (Å²) in [6.07, 6.45) is 2.74. The molecule has 0 atom stereocenters. The second kappa shape index (κ2) is 9.68. The number of aromatic nitrogens is 4. The van der Waals surface area contributed by atoms with Gasteiger partial charge >= 0.3 is 0 Å². The summed E-state index contributed by atoms with van der Waals surface area (Å²) >= 11 is 1.65. The highest BCUT2D eigenvalue weighted by Gasteiger charge is 2.25. The van der Waals surface area contributed by atoms with E-state index in [0.717, 1.165) is 40.7 Å². The van der Waals surface area contributed by atoms with Gasteiger partial charge in [0.25, 0.3) is 0 Å². The molecule has 2 aromatic heterocycles. The van der Waals surface area contributed by atoms with Gasteiger partial charge in [-0.2, -0.15) is 4.98 Å². The van der Waals surface area contributed by atoms with Crippen molar-refractivity contribution < 1.29 is 9.32 Å². The first-order valence-corrected chi connectivity index (χ1v) is 13.4. The van der Waals surface area contributed by atoms with E-state index in [-0.39, 0.29) is 6.10 Å². The van der Waals surface area contributed by atoms with E-state index in [2.05, 4.69) is 31.9 Å². The van der Waals surface area contributed by atoms with Gasteiger partial charge in [-0.25, -0.2) is 15.0 Å². The van der Waals surface area contributed by atoms with Crippen molar-refractivity contribution in [3.8, 4) is 0 Å². The van der Waals surface area contributed by atoms with E-state index >= 15 is 0 Å². The number of anilines is 2. The maximum atomic E-state index is 11.9. The quantitative estimate of drug-likeness (QED) is 0.445. The molecule has 8 nitrogen and oxygen atoms in total. The molecule has 0 radical (unpaired) electrons. The van der Waals surface area contributed by atoms with Crippen LogP contribution in [0.2, 0.25) is 0 Å². The van der Waals surface area contributed by atoms with Crippen molar-refractivity contribution in [2.24, 2.45) is 0 Å². The lowest BCUT2D eigenvalue weighted by molar-refractivity contribution is 0.145. The summed E-state index contributed by atoms with van der Waals surface area (Å²) in [4.78, 5) is 23.3. The van der Waals surface area contributed by atoms with Crippen LogP contribution in [0.15, 0.2) is 41.7 Å². The van der Waals surface area contributed by atoms with Gasteiger partial charge in [0, 0.05) is 54.2 Å². The molecule has 168 valence electrons. The van der Waals surface area contributed by atoms with E-state index in [9.17, 15) is 9.32 Å². The number of aliphatic hydroxyl groups is 1. The van der Waals surface area contributed by atoms with Gasteiger partial charge in [0.1, 0.15) is 22.4 Å². The second-order valence-electron chi connectivity index (χ2n) is 8.05. The van der Waals surface area contributed by atoms with Crippen molar-refractivity contribution in [3.05, 3.63) is 42.2 Å². The average Bonchev–Trinajstić information content (AvgIpc) is 2.84. The molecule has 0 unspecified atom stereocenters. The number of aliphatic hydroxyl groups excluding tert-OH is 1. The Morgan fingerprint density at radius 2 is 1.72 bits per heavy atom. The van der Waals surface area contributed by atoms with Gasteiger partial charge in [-0.3, -0.25) is 4.21 Å². The Kier molecular flexibility index (Phi) is 6.52. The van der Waals surface area contributed by atoms with Gasteiger partial charge in [-0.1, -0.05) is 42.1 Å². The molecule has 0 aliphatic carbocycles. The summed E-state index contributed by atoms with van der Waals surface area (Å²) in [6, 6.07) is 10.3. The standard InChI is InChI=1S/C22H26N6O2S2/c29-17-6-8-28(9-7-17)22-25-19-18(20(26-22)27-10-12-32(30)13-11-27)23-15-24-21(19)31-14-16-4-2-1-3-5-16/h1-5,15,17,29H,6-14H2. The van der Waals surface area contributed by atoms with E-state index in [1.807, 2.05) is 18.2 Å². The average molecular weight is 471 g/mol. The van der Waals surface area contributed by atoms with Gasteiger partial charge in [0.15, 0.2) is 5.82 Å². The molecule has 2 saturated heterocycles. The summed E-state index contributed by atoms with van der Waals surface area (Å²) in [6.45, 7) is 2.81. The van der Waals surface area contributed by atoms with Crippen LogP contribution in [0.5, 0.6) is 0 Å². The molecular formula is C22H26N6O2S2. The number of thioether (sulfide) groups is 1. The highest BCUT2D eigenvalue weighted by Crippen LogP contribution is 2.32. The fraction of sp³-hybridized carbons (Fsp3) is 0.455. The van der Waals surface area contributed by atoms with Crippen LogP contribution in [0, 0.1) is 0 Å². The molecule has 4 heterocycles. The Labute approximate surface area is 193 Å². The van der Waals surface area contributed by atoms with Gasteiger partial charge < -0.3 is 14.9 Å². The van der Waals surface area contributed by atoms with Gasteiger partial charge in [0.05, 0.1) is 6.10 Å². The van der Waals surface area contributed by atoms with E-state index < -0.39 is 10.8 Å². The maximum Gasteiger partial charge on any atom is 0.228 e. The first-order chi connectivity index (χ1) is 15.7. The van der Waals surface area contributed by atoms with Gasteiger partial charge in [-0.15, -0.1) is 0 Å². The Balaban J connectivity index is 1.53. The zero-order chi connectivity index (χ0) is 21.9. The molecule has 32 heavy (non-hydrogen) atoms. The molecule has 0 amide bonds. The minimum absolute atomic E-state index is 0.261. The largest absolute Gasteiger partial charge is 0.393 e. The molecule has 2 fully saturated rings. The third-order valence-electron chi connectivity index (χ3n) is 5.86. The minimum atomic E-state index is -0.771. The van der Waals surface area contributed by atoms with Gasteiger partial charge in [-0.05, 0) is 18.4 Å². The molecule has 2 aliphatic heterocycles. The normalized spacial score (nSPS) is 18.4. The molecule has 3 aromatic rings. The Morgan fingerprint density at radius 1 is 0.969 bits per heavy atom. The fourth-order valence-electron chi connectivity index (χ4n) is 4.01. The third-order valence-corrected chi connectivity index (χ3v) is 8.19. The minimum Gasteiger partial charge on any atom is -0.393 e. The van der Waals surface area contributed by atoms with Crippen LogP contribution in [0.25, 0.3) is 11.0 Å². The van der Waals surface area contributed by atoms with E-state index in [1.54, 1.807) is 18.1 Å². The zero-order valence-corrected chi connectivity index (χ0v) is 19.4. The molecule has 2 aliphatic rings. The topological polar surface area (TPSA) is 95.3 Å². The van der Waals surface area contributed by atoms with Crippen LogP contribution in [0.1, 0.15) is 18.4 Å². The predicted octanol–water partition coefficient (Wildman–Crippen LogP) is 2.24. The number of piperidine rings is 1. The molecule has 10 heteroatoms. The van der Waals surface area contributed by atoms with Crippen LogP contribution >= 0.6 is 11.8 Å². The molecule has 5 rings (SSSR count). The molecular weight excluding hydrogens is 444 g/mol. The van der Waals surface area contributed by atoms with Crippen molar-refractivity contribution in [2.45, 2.75) is 29.7 Å². The van der Waals surface area contributed by atoms with Crippen LogP contribution in [-0.4, -0.2) is 73.0 Å². The monoisotopic (exact) mass is 470 g/mol. The van der Waals surface area contributed by atoms with Crippen LogP contribution < -0.4 is 9.80 Å². The van der Waals surface area contributed by atoms with E-state index in [1.165, 1.54) is 5.56 Å². The number of benzene rings is 1. The van der Waals surface area contributed by atoms with Crippen molar-refractivity contribution in [3.63, 3.8) is 0 Å². The molecule has 0 spiro atoms. The molecule has 0 saturated carbocycles. The number of rotatable bonds is 5. The van der Waals surface area contributed by atoms with Crippen molar-refractivity contribution in [1.82, 2.24) is 19.9 Å². The third kappa shape index (κ3) is 4.72. The highest BCUT2D eigenvalue weighted by molar-refractivity contribution is 7.98. The van der Waals surface area contributed by atoms with Crippen LogP contribution in [0.4, 0.5) is 11.8 Å². The van der Waals surface area contributed by atoms with E-state index in [0.29, 0.717) is 43.4 Å². The maximum absolute atomic E-state index is 11.9. The SMILES string of the molecule is O=S1CCN(c2nc(N3CCC(O)CC3)nc3c(SCc4ccccc4)ncnc23)CC1. The molecule has 1 N–H and O–H groups in total. The summed E-state index contributed by atoms with van der Waals surface area (Å²) < 4.78 is 11.9. The summed E-state index contributed by atoms with van der Waals surface area (Å²) in [5.41, 5.74) is 2.72.